The molecule has 2 fully saturated rings. The Morgan fingerprint density at radius 1 is 1.11 bits per heavy atom. The van der Waals surface area contributed by atoms with Gasteiger partial charge in [-0.15, -0.1) is 6.58 Å². The summed E-state index contributed by atoms with van der Waals surface area (Å²) in [4.78, 5) is 16.7. The molecule has 0 aromatic heterocycles. The Balaban J connectivity index is 1.87. The maximum Gasteiger partial charge on any atom is 0.229 e. The van der Waals surface area contributed by atoms with Crippen LogP contribution in [-0.2, 0) is 4.79 Å². The molecule has 35 heavy (non-hydrogen) atoms. The Bertz CT molecular complexity index is 1060. The Labute approximate surface area is 225 Å². The predicted octanol–water partition coefficient (Wildman–Crippen LogP) is 8.94. The van der Waals surface area contributed by atoms with Gasteiger partial charge in [0.05, 0.1) is 11.5 Å². The SMILES string of the molecule is C=CCC1(C)CC(c2cccc(Cl)c2)C(c2ccc(Cl)cc2)N(C(CSC(C)(C)C)C2CC2)C1=O. The van der Waals surface area contributed by atoms with Gasteiger partial charge in [-0.1, -0.05) is 81.2 Å². The molecule has 4 rings (SSSR count). The summed E-state index contributed by atoms with van der Waals surface area (Å²) in [5.74, 6) is 1.87. The molecule has 4 atom stereocenters. The Hall–Kier alpha value is -1.42. The molecule has 5 heteroatoms. The van der Waals surface area contributed by atoms with Crippen LogP contribution in [0, 0.1) is 11.3 Å². The zero-order valence-corrected chi connectivity index (χ0v) is 23.6. The van der Waals surface area contributed by atoms with Gasteiger partial charge in [-0.25, -0.2) is 0 Å². The van der Waals surface area contributed by atoms with E-state index >= 15 is 0 Å². The van der Waals surface area contributed by atoms with Gasteiger partial charge < -0.3 is 4.90 Å². The lowest BCUT2D eigenvalue weighted by atomic mass is 9.67. The van der Waals surface area contributed by atoms with Gasteiger partial charge in [-0.05, 0) is 67.0 Å². The normalized spacial score (nSPS) is 26.0. The van der Waals surface area contributed by atoms with Gasteiger partial charge in [0.2, 0.25) is 5.91 Å². The van der Waals surface area contributed by atoms with E-state index in [-0.39, 0.29) is 28.7 Å². The van der Waals surface area contributed by atoms with Crippen LogP contribution >= 0.6 is 35.0 Å². The van der Waals surface area contributed by atoms with Crippen molar-refractivity contribution in [2.24, 2.45) is 11.3 Å². The lowest BCUT2D eigenvalue weighted by molar-refractivity contribution is -0.154. The van der Waals surface area contributed by atoms with Crippen LogP contribution in [0.1, 0.15) is 76.5 Å². The van der Waals surface area contributed by atoms with Gasteiger partial charge in [-0.3, -0.25) is 4.79 Å². The fraction of sp³-hybridized carbons (Fsp3) is 0.500. The third kappa shape index (κ3) is 6.12. The molecule has 1 aliphatic heterocycles. The topological polar surface area (TPSA) is 20.3 Å². The summed E-state index contributed by atoms with van der Waals surface area (Å²) >= 11 is 14.7. The van der Waals surface area contributed by atoms with Crippen LogP contribution in [0.2, 0.25) is 10.0 Å². The number of thioether (sulfide) groups is 1. The van der Waals surface area contributed by atoms with Crippen LogP contribution in [0.3, 0.4) is 0 Å². The van der Waals surface area contributed by atoms with Crippen molar-refractivity contribution in [1.82, 2.24) is 4.90 Å². The first-order valence-electron chi connectivity index (χ1n) is 12.6. The summed E-state index contributed by atoms with van der Waals surface area (Å²) in [6.45, 7) is 12.9. The highest BCUT2D eigenvalue weighted by Gasteiger charge is 2.53. The van der Waals surface area contributed by atoms with Gasteiger partial charge >= 0.3 is 0 Å². The minimum atomic E-state index is -0.503. The molecule has 0 bridgehead atoms. The first-order chi connectivity index (χ1) is 16.5. The molecule has 2 aromatic rings. The number of nitrogens with zero attached hydrogens (tertiary/aromatic N) is 1. The maximum atomic E-state index is 14.4. The second-order valence-electron chi connectivity index (χ2n) is 11.5. The van der Waals surface area contributed by atoms with E-state index in [0.29, 0.717) is 17.4 Å². The van der Waals surface area contributed by atoms with E-state index in [9.17, 15) is 4.79 Å². The van der Waals surface area contributed by atoms with E-state index in [1.165, 1.54) is 18.4 Å². The van der Waals surface area contributed by atoms with E-state index in [1.54, 1.807) is 0 Å². The van der Waals surface area contributed by atoms with Crippen molar-refractivity contribution in [2.45, 2.75) is 76.1 Å². The number of amides is 1. The van der Waals surface area contributed by atoms with E-state index in [4.69, 9.17) is 23.2 Å². The average Bonchev–Trinajstić information content (AvgIpc) is 3.62. The summed E-state index contributed by atoms with van der Waals surface area (Å²) in [5.41, 5.74) is 1.82. The molecule has 0 radical (unpaired) electrons. The fourth-order valence-electron chi connectivity index (χ4n) is 5.51. The zero-order valence-electron chi connectivity index (χ0n) is 21.3. The zero-order chi connectivity index (χ0) is 25.4. The Morgan fingerprint density at radius 3 is 2.37 bits per heavy atom. The number of benzene rings is 2. The monoisotopic (exact) mass is 529 g/mol. The van der Waals surface area contributed by atoms with Crippen LogP contribution < -0.4 is 0 Å². The molecule has 188 valence electrons. The molecular weight excluding hydrogens is 493 g/mol. The third-order valence-electron chi connectivity index (χ3n) is 7.40. The fourth-order valence-corrected chi connectivity index (χ4v) is 6.94. The minimum absolute atomic E-state index is 0.0673. The molecule has 1 saturated heterocycles. The first-order valence-corrected chi connectivity index (χ1v) is 14.3. The van der Waals surface area contributed by atoms with Crippen LogP contribution in [0.15, 0.2) is 61.2 Å². The smallest absolute Gasteiger partial charge is 0.229 e. The second-order valence-corrected chi connectivity index (χ2v) is 14.2. The molecule has 1 aliphatic carbocycles. The highest BCUT2D eigenvalue weighted by Crippen LogP contribution is 2.54. The number of rotatable bonds is 8. The first kappa shape index (κ1) is 26.6. The number of carbonyl (C=O) groups is 1. The highest BCUT2D eigenvalue weighted by molar-refractivity contribution is 8.00. The van der Waals surface area contributed by atoms with Gasteiger partial charge in [0.25, 0.3) is 0 Å². The van der Waals surface area contributed by atoms with Crippen molar-refractivity contribution in [2.75, 3.05) is 5.75 Å². The number of allylic oxidation sites excluding steroid dienone is 1. The van der Waals surface area contributed by atoms with Crippen LogP contribution in [-0.4, -0.2) is 27.3 Å². The number of hydrogen-bond acceptors (Lipinski definition) is 2. The quantitative estimate of drug-likeness (QED) is 0.318. The molecule has 0 N–H and O–H groups in total. The summed E-state index contributed by atoms with van der Waals surface area (Å²) in [7, 11) is 0. The average molecular weight is 531 g/mol. The van der Waals surface area contributed by atoms with Gasteiger partial charge in [0, 0.05) is 32.5 Å². The van der Waals surface area contributed by atoms with Crippen molar-refractivity contribution < 1.29 is 4.79 Å². The standard InChI is InChI=1S/C30H37Cl2NOS/c1-6-16-30(5)18-25(22-8-7-9-24(32)17-22)27(21-12-14-23(31)15-13-21)33(28(30)34)26(20-10-11-20)19-35-29(2,3)4/h6-9,12-15,17,20,25-27H,1,10-11,16,18-19H2,2-5H3. The second kappa shape index (κ2) is 10.5. The molecule has 2 aliphatic rings. The third-order valence-corrected chi connectivity index (χ3v) is 9.26. The van der Waals surface area contributed by atoms with Gasteiger partial charge in [0.15, 0.2) is 0 Å². The number of likely N-dealkylation sites (tertiary alicyclic amines) is 1. The summed E-state index contributed by atoms with van der Waals surface area (Å²) in [6, 6.07) is 16.4. The van der Waals surface area contributed by atoms with E-state index in [1.807, 2.05) is 42.1 Å². The predicted molar refractivity (Wildman–Crippen MR) is 151 cm³/mol. The molecule has 4 unspecified atom stereocenters. The Morgan fingerprint density at radius 2 is 1.80 bits per heavy atom. The number of carbonyl (C=O) groups excluding carboxylic acids is 1. The molecule has 1 amide bonds. The molecule has 1 saturated carbocycles. The van der Waals surface area contributed by atoms with Gasteiger partial charge in [-0.2, -0.15) is 11.8 Å². The number of halogens is 2. The molecule has 1 heterocycles. The van der Waals surface area contributed by atoms with E-state index in [2.05, 4.69) is 63.4 Å². The largest absolute Gasteiger partial charge is 0.330 e. The van der Waals surface area contributed by atoms with Crippen molar-refractivity contribution in [1.29, 1.82) is 0 Å². The maximum absolute atomic E-state index is 14.4. The van der Waals surface area contributed by atoms with Crippen LogP contribution in [0.25, 0.3) is 0 Å². The molecule has 0 spiro atoms. The molecule has 2 aromatic carbocycles. The number of piperidine rings is 1. The molecule has 2 nitrogen and oxygen atoms in total. The molecular formula is C30H37Cl2NOS. The highest BCUT2D eigenvalue weighted by atomic mass is 35.5. The van der Waals surface area contributed by atoms with Crippen molar-refractivity contribution in [3.8, 4) is 0 Å². The van der Waals surface area contributed by atoms with Crippen molar-refractivity contribution in [3.63, 3.8) is 0 Å². The lowest BCUT2D eigenvalue weighted by Crippen LogP contribution is -2.57. The summed E-state index contributed by atoms with van der Waals surface area (Å²) < 4.78 is 0.137. The van der Waals surface area contributed by atoms with Crippen LogP contribution in [0.5, 0.6) is 0 Å². The van der Waals surface area contributed by atoms with E-state index < -0.39 is 5.41 Å². The minimum Gasteiger partial charge on any atom is -0.330 e. The number of hydrogen-bond donors (Lipinski definition) is 0. The van der Waals surface area contributed by atoms with E-state index in [0.717, 1.165) is 22.8 Å². The lowest BCUT2D eigenvalue weighted by Gasteiger charge is -2.52. The summed E-state index contributed by atoms with van der Waals surface area (Å²) in [6.07, 6.45) is 5.70. The van der Waals surface area contributed by atoms with Gasteiger partial charge in [0.1, 0.15) is 0 Å². The van der Waals surface area contributed by atoms with Crippen LogP contribution in [0.4, 0.5) is 0 Å². The summed E-state index contributed by atoms with van der Waals surface area (Å²) in [5, 5.41) is 1.44. The Kier molecular flexibility index (Phi) is 8.01. The van der Waals surface area contributed by atoms with Crippen molar-refractivity contribution in [3.05, 3.63) is 82.4 Å². The van der Waals surface area contributed by atoms with Crippen molar-refractivity contribution >= 4 is 40.9 Å².